The highest BCUT2D eigenvalue weighted by atomic mass is 35.5. The number of rotatable bonds is 7. The molecule has 2 aromatic rings. The topological polar surface area (TPSA) is 79.9 Å². The van der Waals surface area contributed by atoms with E-state index in [0.29, 0.717) is 22.5 Å². The van der Waals surface area contributed by atoms with Crippen molar-refractivity contribution < 1.29 is 9.47 Å². The van der Waals surface area contributed by atoms with Crippen LogP contribution in [0.15, 0.2) is 5.16 Å². The minimum absolute atomic E-state index is 0.393. The lowest BCUT2D eigenvalue weighted by molar-refractivity contribution is -0.113. The van der Waals surface area contributed by atoms with E-state index in [4.69, 9.17) is 21.1 Å². The van der Waals surface area contributed by atoms with Crippen LogP contribution in [0, 0.1) is 6.92 Å². The summed E-state index contributed by atoms with van der Waals surface area (Å²) in [5.41, 5.74) is 1.75. The van der Waals surface area contributed by atoms with Crippen molar-refractivity contribution in [1.82, 2.24) is 30.0 Å². The number of aromatic nitrogens is 6. The van der Waals surface area contributed by atoms with Gasteiger partial charge in [0, 0.05) is 27.0 Å². The smallest absolute Gasteiger partial charge is 0.209 e. The van der Waals surface area contributed by atoms with Gasteiger partial charge in [0.1, 0.15) is 0 Å². The summed E-state index contributed by atoms with van der Waals surface area (Å²) >= 11 is 7.71. The molecule has 0 radical (unpaired) electrons. The van der Waals surface area contributed by atoms with Gasteiger partial charge in [-0.25, -0.2) is 4.68 Å². The number of methoxy groups -OCH3 is 2. The molecule has 0 aromatic carbocycles. The van der Waals surface area contributed by atoms with Crippen molar-refractivity contribution >= 4 is 23.4 Å². The van der Waals surface area contributed by atoms with Crippen LogP contribution in [0.4, 0.5) is 0 Å². The number of nitrogens with zero attached hydrogens (tertiary/aromatic N) is 6. The molecule has 21 heavy (non-hydrogen) atoms. The largest absolute Gasteiger partial charge is 0.354 e. The van der Waals surface area contributed by atoms with Crippen molar-refractivity contribution in [2.24, 2.45) is 7.05 Å². The van der Waals surface area contributed by atoms with Gasteiger partial charge in [0.15, 0.2) is 6.29 Å². The second-order valence-corrected chi connectivity index (χ2v) is 5.62. The fourth-order valence-corrected chi connectivity index (χ4v) is 3.03. The molecule has 2 aromatic heterocycles. The standard InChI is InChI=1S/C11H17ClN6O2S/c1-7-10(12)8(17(2)14-7)6-21-11-13-15-16-18(11)5-9(19-3)20-4/h9H,5-6H2,1-4H3. The van der Waals surface area contributed by atoms with E-state index in [1.54, 1.807) is 23.6 Å². The Balaban J connectivity index is 2.05. The molecule has 0 fully saturated rings. The van der Waals surface area contributed by atoms with Gasteiger partial charge in [-0.15, -0.1) is 5.10 Å². The maximum Gasteiger partial charge on any atom is 0.209 e. The Morgan fingerprint density at radius 1 is 1.33 bits per heavy atom. The molecule has 0 N–H and O–H groups in total. The summed E-state index contributed by atoms with van der Waals surface area (Å²) < 4.78 is 13.7. The summed E-state index contributed by atoms with van der Waals surface area (Å²) in [5, 5.41) is 17.2. The first kappa shape index (κ1) is 16.2. The summed E-state index contributed by atoms with van der Waals surface area (Å²) in [6.07, 6.45) is -0.393. The van der Waals surface area contributed by atoms with Crippen molar-refractivity contribution in [3.8, 4) is 0 Å². The van der Waals surface area contributed by atoms with Crippen LogP contribution in [0.1, 0.15) is 11.4 Å². The molecule has 0 amide bonds. The maximum absolute atomic E-state index is 6.23. The highest BCUT2D eigenvalue weighted by Gasteiger charge is 2.16. The molecule has 0 bridgehead atoms. The van der Waals surface area contributed by atoms with Crippen molar-refractivity contribution in [3.05, 3.63) is 16.4 Å². The number of tetrazole rings is 1. The second-order valence-electron chi connectivity index (χ2n) is 4.30. The van der Waals surface area contributed by atoms with Gasteiger partial charge in [-0.05, 0) is 17.4 Å². The van der Waals surface area contributed by atoms with Crippen LogP contribution in [0.5, 0.6) is 0 Å². The summed E-state index contributed by atoms with van der Waals surface area (Å²) in [6.45, 7) is 2.29. The van der Waals surface area contributed by atoms with E-state index in [0.717, 1.165) is 11.4 Å². The van der Waals surface area contributed by atoms with Crippen LogP contribution in [0.2, 0.25) is 5.02 Å². The Labute approximate surface area is 131 Å². The van der Waals surface area contributed by atoms with E-state index in [1.807, 2.05) is 14.0 Å². The molecule has 0 atom stereocenters. The fourth-order valence-electron chi connectivity index (χ4n) is 1.77. The van der Waals surface area contributed by atoms with Crippen LogP contribution in [0.3, 0.4) is 0 Å². The van der Waals surface area contributed by atoms with Crippen LogP contribution in [0.25, 0.3) is 0 Å². The lowest BCUT2D eigenvalue weighted by Gasteiger charge is -2.13. The first-order valence-electron chi connectivity index (χ1n) is 6.19. The molecular formula is C11H17ClN6O2S. The minimum Gasteiger partial charge on any atom is -0.354 e. The van der Waals surface area contributed by atoms with E-state index in [2.05, 4.69) is 20.6 Å². The third kappa shape index (κ3) is 3.73. The molecule has 2 heterocycles. The van der Waals surface area contributed by atoms with E-state index in [1.165, 1.54) is 11.8 Å². The molecule has 0 saturated heterocycles. The van der Waals surface area contributed by atoms with Gasteiger partial charge < -0.3 is 9.47 Å². The minimum atomic E-state index is -0.393. The Bertz CT molecular complexity index is 598. The number of hydrogen-bond donors (Lipinski definition) is 0. The molecule has 0 unspecified atom stereocenters. The third-order valence-electron chi connectivity index (χ3n) is 2.95. The van der Waals surface area contributed by atoms with Gasteiger partial charge in [0.25, 0.3) is 0 Å². The molecule has 0 aliphatic rings. The Hall–Kier alpha value is -1.16. The van der Waals surface area contributed by atoms with Gasteiger partial charge >= 0.3 is 0 Å². The maximum atomic E-state index is 6.23. The number of hydrogen-bond acceptors (Lipinski definition) is 7. The molecule has 10 heteroatoms. The summed E-state index contributed by atoms with van der Waals surface area (Å²) in [5.74, 6) is 0.626. The fraction of sp³-hybridized carbons (Fsp3) is 0.636. The van der Waals surface area contributed by atoms with Crippen molar-refractivity contribution in [2.45, 2.75) is 30.7 Å². The van der Waals surface area contributed by atoms with Crippen LogP contribution in [-0.4, -0.2) is 50.5 Å². The monoisotopic (exact) mass is 332 g/mol. The van der Waals surface area contributed by atoms with Crippen molar-refractivity contribution in [3.63, 3.8) is 0 Å². The highest BCUT2D eigenvalue weighted by Crippen LogP contribution is 2.26. The van der Waals surface area contributed by atoms with Crippen molar-refractivity contribution in [2.75, 3.05) is 14.2 Å². The average Bonchev–Trinajstić information content (AvgIpc) is 3.00. The Morgan fingerprint density at radius 3 is 2.62 bits per heavy atom. The third-order valence-corrected chi connectivity index (χ3v) is 4.41. The molecule has 0 aliphatic carbocycles. The predicted octanol–water partition coefficient (Wildman–Crippen LogP) is 1.28. The number of aryl methyl sites for hydroxylation is 2. The summed E-state index contributed by atoms with van der Waals surface area (Å²) in [4.78, 5) is 0. The first-order chi connectivity index (χ1) is 10.1. The van der Waals surface area contributed by atoms with Crippen molar-refractivity contribution in [1.29, 1.82) is 0 Å². The number of halogens is 1. The van der Waals surface area contributed by atoms with E-state index >= 15 is 0 Å². The zero-order valence-electron chi connectivity index (χ0n) is 12.3. The molecule has 116 valence electrons. The van der Waals surface area contributed by atoms with E-state index in [-0.39, 0.29) is 0 Å². The van der Waals surface area contributed by atoms with Crippen LogP contribution >= 0.6 is 23.4 Å². The summed E-state index contributed by atoms with van der Waals surface area (Å²) in [7, 11) is 5.01. The Morgan fingerprint density at radius 2 is 2.05 bits per heavy atom. The van der Waals surface area contributed by atoms with Crippen LogP contribution < -0.4 is 0 Å². The molecule has 0 saturated carbocycles. The normalized spacial score (nSPS) is 11.5. The number of thioether (sulfide) groups is 1. The second kappa shape index (κ2) is 7.21. The molecule has 0 aliphatic heterocycles. The summed E-state index contributed by atoms with van der Waals surface area (Å²) in [6, 6.07) is 0. The van der Waals surface area contributed by atoms with Crippen LogP contribution in [-0.2, 0) is 28.8 Å². The quantitative estimate of drug-likeness (QED) is 0.558. The average molecular weight is 333 g/mol. The van der Waals surface area contributed by atoms with Gasteiger partial charge in [-0.3, -0.25) is 4.68 Å². The lowest BCUT2D eigenvalue weighted by atomic mass is 10.4. The lowest BCUT2D eigenvalue weighted by Crippen LogP contribution is -2.21. The van der Waals surface area contributed by atoms with Gasteiger partial charge in [-0.2, -0.15) is 5.10 Å². The predicted molar refractivity (Wildman–Crippen MR) is 78.1 cm³/mol. The van der Waals surface area contributed by atoms with E-state index < -0.39 is 6.29 Å². The van der Waals surface area contributed by atoms with E-state index in [9.17, 15) is 0 Å². The Kier molecular flexibility index (Phi) is 5.57. The number of ether oxygens (including phenoxy) is 2. The highest BCUT2D eigenvalue weighted by molar-refractivity contribution is 7.98. The van der Waals surface area contributed by atoms with Gasteiger partial charge in [-0.1, -0.05) is 23.4 Å². The zero-order chi connectivity index (χ0) is 15.4. The molecule has 2 rings (SSSR count). The zero-order valence-corrected chi connectivity index (χ0v) is 13.8. The SMILES string of the molecule is COC(Cn1nnnc1SCc1c(Cl)c(C)nn1C)OC. The molecule has 8 nitrogen and oxygen atoms in total. The molecule has 0 spiro atoms. The molecular weight excluding hydrogens is 316 g/mol. The first-order valence-corrected chi connectivity index (χ1v) is 7.55. The van der Waals surface area contributed by atoms with Gasteiger partial charge in [0.05, 0.1) is 23.0 Å². The van der Waals surface area contributed by atoms with Gasteiger partial charge in [0.2, 0.25) is 5.16 Å².